The maximum atomic E-state index is 12.9. The molecule has 0 aliphatic rings. The molecule has 0 rings (SSSR count). The van der Waals surface area contributed by atoms with E-state index in [2.05, 4.69) is 26.6 Å². The third-order valence-electron chi connectivity index (χ3n) is 6.23. The highest BCUT2D eigenvalue weighted by molar-refractivity contribution is 5.95. The SMILES string of the molecule is CC(C)C[C@H](NC(=O)[C@H](CO)NC(=O)CNC(=O)[C@H](CCC(=O)O)NC(=O)[C@@H](N)CC(C)C)C(=O)N[C@@H](CCC(N)=O)C(=O)O. The molecule has 6 amide bonds. The number of carboxylic acids is 2. The fourth-order valence-electron chi connectivity index (χ4n) is 3.95. The monoisotopic (exact) mass is 645 g/mol. The summed E-state index contributed by atoms with van der Waals surface area (Å²) in [6.45, 7) is 5.49. The molecule has 0 aromatic heterocycles. The fraction of sp³-hybridized carbons (Fsp3) is 0.704. The van der Waals surface area contributed by atoms with Crippen LogP contribution in [0.1, 0.15) is 66.2 Å². The largest absolute Gasteiger partial charge is 0.481 e. The molecule has 0 saturated carbocycles. The van der Waals surface area contributed by atoms with Gasteiger partial charge in [0.25, 0.3) is 0 Å². The van der Waals surface area contributed by atoms with Gasteiger partial charge in [0, 0.05) is 12.8 Å². The highest BCUT2D eigenvalue weighted by Gasteiger charge is 2.30. The standard InChI is InChI=1S/C27H47N7O11/c1-13(2)9-15(28)23(40)32-16(6-8-22(38)39)24(41)30-11-21(37)31-19(12-35)26(43)34-18(10-14(3)4)25(42)33-17(27(44)45)5-7-20(29)36/h13-19,35H,5-12,28H2,1-4H3,(H2,29,36)(H,30,41)(H,31,37)(H,32,40)(H,33,42)(H,34,43)(H,38,39)(H,44,45)/t15-,16-,17-,18-,19-/m0/s1. The van der Waals surface area contributed by atoms with Gasteiger partial charge in [-0.2, -0.15) is 0 Å². The molecule has 0 bridgehead atoms. The first kappa shape index (κ1) is 40.7. The van der Waals surface area contributed by atoms with E-state index in [4.69, 9.17) is 16.6 Å². The van der Waals surface area contributed by atoms with E-state index in [0.29, 0.717) is 6.42 Å². The molecule has 18 nitrogen and oxygen atoms in total. The van der Waals surface area contributed by atoms with Gasteiger partial charge in [0.1, 0.15) is 24.2 Å². The molecule has 0 saturated heterocycles. The molecule has 0 heterocycles. The van der Waals surface area contributed by atoms with E-state index < -0.39 is 97.2 Å². The maximum absolute atomic E-state index is 12.9. The van der Waals surface area contributed by atoms with Crippen molar-refractivity contribution in [2.24, 2.45) is 23.3 Å². The summed E-state index contributed by atoms with van der Waals surface area (Å²) >= 11 is 0. The zero-order valence-corrected chi connectivity index (χ0v) is 26.0. The van der Waals surface area contributed by atoms with Crippen LogP contribution in [-0.2, 0) is 38.4 Å². The Morgan fingerprint density at radius 2 is 1.16 bits per heavy atom. The highest BCUT2D eigenvalue weighted by atomic mass is 16.4. The minimum absolute atomic E-state index is 0.0478. The summed E-state index contributed by atoms with van der Waals surface area (Å²) in [5.41, 5.74) is 10.9. The summed E-state index contributed by atoms with van der Waals surface area (Å²) < 4.78 is 0. The molecule has 12 N–H and O–H groups in total. The van der Waals surface area contributed by atoms with Crippen LogP contribution in [0.3, 0.4) is 0 Å². The normalized spacial score (nSPS) is 14.3. The number of aliphatic carboxylic acids is 2. The number of rotatable bonds is 22. The van der Waals surface area contributed by atoms with E-state index in [1.165, 1.54) is 0 Å². The molecule has 0 aliphatic carbocycles. The fourth-order valence-corrected chi connectivity index (χ4v) is 3.95. The van der Waals surface area contributed by atoms with Gasteiger partial charge in [0.05, 0.1) is 19.2 Å². The van der Waals surface area contributed by atoms with Crippen LogP contribution in [0.25, 0.3) is 0 Å². The number of hydrogen-bond acceptors (Lipinski definition) is 10. The summed E-state index contributed by atoms with van der Waals surface area (Å²) in [5.74, 6) is -7.91. The van der Waals surface area contributed by atoms with Crippen molar-refractivity contribution in [1.29, 1.82) is 0 Å². The third-order valence-corrected chi connectivity index (χ3v) is 6.23. The Kier molecular flexibility index (Phi) is 18.6. The van der Waals surface area contributed by atoms with E-state index in [9.17, 15) is 48.6 Å². The molecule has 18 heteroatoms. The number of primary amides is 1. The molecule has 45 heavy (non-hydrogen) atoms. The Balaban J connectivity index is 5.39. The molecule has 0 fully saturated rings. The van der Waals surface area contributed by atoms with Crippen LogP contribution in [0.2, 0.25) is 0 Å². The van der Waals surface area contributed by atoms with E-state index in [1.807, 2.05) is 13.8 Å². The number of aliphatic hydroxyl groups excluding tert-OH is 1. The van der Waals surface area contributed by atoms with Crippen molar-refractivity contribution in [3.05, 3.63) is 0 Å². The van der Waals surface area contributed by atoms with Crippen LogP contribution >= 0.6 is 0 Å². The molecule has 0 aromatic rings. The molecule has 0 radical (unpaired) electrons. The number of hydrogen-bond donors (Lipinski definition) is 10. The summed E-state index contributed by atoms with van der Waals surface area (Å²) in [6.07, 6.45) is -1.01. The number of amides is 6. The van der Waals surface area contributed by atoms with Crippen LogP contribution < -0.4 is 38.1 Å². The van der Waals surface area contributed by atoms with E-state index in [1.54, 1.807) is 13.8 Å². The van der Waals surface area contributed by atoms with Crippen molar-refractivity contribution < 1.29 is 53.7 Å². The second-order valence-electron chi connectivity index (χ2n) is 11.3. The predicted octanol–water partition coefficient (Wildman–Crippen LogP) is -3.33. The second-order valence-corrected chi connectivity index (χ2v) is 11.3. The first-order chi connectivity index (χ1) is 20.9. The Morgan fingerprint density at radius 3 is 1.64 bits per heavy atom. The molecule has 5 atom stereocenters. The zero-order valence-electron chi connectivity index (χ0n) is 26.0. The summed E-state index contributed by atoms with van der Waals surface area (Å²) in [6, 6.07) is -6.62. The van der Waals surface area contributed by atoms with Crippen molar-refractivity contribution in [1.82, 2.24) is 26.6 Å². The number of carbonyl (C=O) groups is 8. The lowest BCUT2D eigenvalue weighted by atomic mass is 10.0. The third kappa shape index (κ3) is 17.5. The first-order valence-corrected chi connectivity index (χ1v) is 14.4. The number of nitrogens with two attached hydrogens (primary N) is 2. The van der Waals surface area contributed by atoms with E-state index >= 15 is 0 Å². The van der Waals surface area contributed by atoms with Crippen molar-refractivity contribution in [3.63, 3.8) is 0 Å². The highest BCUT2D eigenvalue weighted by Crippen LogP contribution is 2.08. The van der Waals surface area contributed by atoms with E-state index in [-0.39, 0.29) is 37.5 Å². The number of carbonyl (C=O) groups excluding carboxylic acids is 6. The Bertz CT molecular complexity index is 1070. The van der Waals surface area contributed by atoms with Gasteiger partial charge in [0.2, 0.25) is 35.4 Å². The summed E-state index contributed by atoms with van der Waals surface area (Å²) in [7, 11) is 0. The average Bonchev–Trinajstić information content (AvgIpc) is 2.92. The summed E-state index contributed by atoms with van der Waals surface area (Å²) in [5, 5.41) is 39.5. The Labute approximate surface area is 260 Å². The predicted molar refractivity (Wildman–Crippen MR) is 158 cm³/mol. The lowest BCUT2D eigenvalue weighted by molar-refractivity contribution is -0.142. The van der Waals surface area contributed by atoms with Crippen LogP contribution in [-0.4, -0.2) is 106 Å². The van der Waals surface area contributed by atoms with Crippen LogP contribution in [0, 0.1) is 11.8 Å². The minimum atomic E-state index is -1.58. The van der Waals surface area contributed by atoms with Gasteiger partial charge >= 0.3 is 11.9 Å². The van der Waals surface area contributed by atoms with Crippen molar-refractivity contribution >= 4 is 47.4 Å². The van der Waals surface area contributed by atoms with Gasteiger partial charge < -0.3 is 53.4 Å². The van der Waals surface area contributed by atoms with Crippen molar-refractivity contribution in [3.8, 4) is 0 Å². The lowest BCUT2D eigenvalue weighted by Crippen LogP contribution is -2.58. The van der Waals surface area contributed by atoms with Crippen molar-refractivity contribution in [2.75, 3.05) is 13.2 Å². The first-order valence-electron chi connectivity index (χ1n) is 14.4. The zero-order chi connectivity index (χ0) is 34.9. The van der Waals surface area contributed by atoms with Crippen LogP contribution in [0.5, 0.6) is 0 Å². The lowest BCUT2D eigenvalue weighted by Gasteiger charge is -2.25. The molecular weight excluding hydrogens is 598 g/mol. The maximum Gasteiger partial charge on any atom is 0.326 e. The second kappa shape index (κ2) is 20.6. The molecular formula is C27H47N7O11. The van der Waals surface area contributed by atoms with E-state index in [0.717, 1.165) is 0 Å². The Morgan fingerprint density at radius 1 is 0.644 bits per heavy atom. The van der Waals surface area contributed by atoms with Gasteiger partial charge in [-0.3, -0.25) is 33.6 Å². The minimum Gasteiger partial charge on any atom is -0.481 e. The molecule has 0 spiro atoms. The number of nitrogens with one attached hydrogen (secondary N) is 5. The van der Waals surface area contributed by atoms with Gasteiger partial charge in [-0.1, -0.05) is 27.7 Å². The molecule has 0 unspecified atom stereocenters. The van der Waals surface area contributed by atoms with Gasteiger partial charge in [0.15, 0.2) is 0 Å². The Hall–Kier alpha value is -4.32. The quantitative estimate of drug-likeness (QED) is 0.0553. The van der Waals surface area contributed by atoms with Crippen LogP contribution in [0.4, 0.5) is 0 Å². The summed E-state index contributed by atoms with van der Waals surface area (Å²) in [4.78, 5) is 96.9. The van der Waals surface area contributed by atoms with Crippen molar-refractivity contribution in [2.45, 2.75) is 96.4 Å². The molecule has 0 aromatic carbocycles. The number of carboxylic acid groups (broad SMARTS) is 2. The average molecular weight is 646 g/mol. The van der Waals surface area contributed by atoms with Gasteiger partial charge in [-0.05, 0) is 37.5 Å². The molecule has 256 valence electrons. The number of aliphatic hydroxyl groups is 1. The topological polar surface area (TPSA) is 309 Å². The van der Waals surface area contributed by atoms with Gasteiger partial charge in [-0.15, -0.1) is 0 Å². The van der Waals surface area contributed by atoms with Crippen LogP contribution in [0.15, 0.2) is 0 Å². The molecule has 0 aliphatic heterocycles. The smallest absolute Gasteiger partial charge is 0.326 e. The van der Waals surface area contributed by atoms with Gasteiger partial charge in [-0.25, -0.2) is 4.79 Å².